The van der Waals surface area contributed by atoms with Crippen molar-refractivity contribution >= 4 is 0 Å². The van der Waals surface area contributed by atoms with Crippen LogP contribution in [0.3, 0.4) is 0 Å². The van der Waals surface area contributed by atoms with E-state index >= 15 is 0 Å². The van der Waals surface area contributed by atoms with Crippen LogP contribution in [-0.4, -0.2) is 40.9 Å². The highest BCUT2D eigenvalue weighted by atomic mass is 16.3. The van der Waals surface area contributed by atoms with Crippen LogP contribution >= 0.6 is 0 Å². The fraction of sp³-hybridized carbons (Fsp3) is 0.250. The van der Waals surface area contributed by atoms with Crippen molar-refractivity contribution in [3.05, 3.63) is 239 Å². The smallest absolute Gasteiger partial charge is 0.115 e. The Bertz CT molecular complexity index is 2310. The van der Waals surface area contributed by atoms with Crippen LogP contribution in [0.5, 0.6) is 46.0 Å². The Morgan fingerprint density at radius 3 is 0.347 bits per heavy atom. The number of aromatic hydroxyl groups is 8. The van der Waals surface area contributed by atoms with E-state index in [2.05, 4.69) is 0 Å². The third-order valence-electron chi connectivity index (χ3n) is 15.3. The summed E-state index contributed by atoms with van der Waals surface area (Å²) in [5, 5.41) is 79.2. The number of phenolic OH excluding ortho intramolecular Hbond substituents is 8. The summed E-state index contributed by atoms with van der Waals surface area (Å²) in [6.45, 7) is 8.00. The van der Waals surface area contributed by atoms with Crippen molar-refractivity contribution in [2.45, 2.75) is 101 Å². The molecule has 8 aromatic carbocycles. The summed E-state index contributed by atoms with van der Waals surface area (Å²) in [4.78, 5) is 0. The monoisotopic (exact) mass is 964 g/mol. The van der Waals surface area contributed by atoms with Gasteiger partial charge in [-0.1, -0.05) is 125 Å². The summed E-state index contributed by atoms with van der Waals surface area (Å²) in [7, 11) is 0. The van der Waals surface area contributed by atoms with Gasteiger partial charge in [-0.3, -0.25) is 0 Å². The second-order valence-corrected chi connectivity index (χ2v) is 18.7. The first-order valence-corrected chi connectivity index (χ1v) is 25.2. The molecule has 8 aromatic rings. The molecule has 10 rings (SSSR count). The molecule has 0 unspecified atom stereocenters. The van der Waals surface area contributed by atoms with Gasteiger partial charge in [-0.2, -0.15) is 0 Å². The van der Waals surface area contributed by atoms with Crippen molar-refractivity contribution in [1.82, 2.24) is 0 Å². The Balaban J connectivity index is 0.000000198. The van der Waals surface area contributed by atoms with Crippen LogP contribution in [-0.2, 0) is 21.7 Å². The van der Waals surface area contributed by atoms with Crippen molar-refractivity contribution < 1.29 is 40.9 Å². The number of rotatable bonds is 8. The molecule has 8 N–H and O–H groups in total. The Labute approximate surface area is 424 Å². The van der Waals surface area contributed by atoms with Gasteiger partial charge in [-0.15, -0.1) is 0 Å². The fourth-order valence-electron chi connectivity index (χ4n) is 11.4. The van der Waals surface area contributed by atoms with E-state index in [1.54, 1.807) is 97.1 Å². The molecule has 0 amide bonds. The molecule has 0 saturated heterocycles. The van der Waals surface area contributed by atoms with E-state index in [0.29, 0.717) is 0 Å². The highest BCUT2D eigenvalue weighted by Gasteiger charge is 2.48. The standard InChI is InChI=1S/2C30H28O4.2C2H6/c2*31-25-9-1-21(2-10-25)29(22-3-11-26(32)12-4-22)17-19-30(20-18-29,23-5-13-27(33)14-6-23)24-7-15-28(34)16-8-24;2*1-2/h2*1-16,31-34H,17-20H2;2*1-2H3. The Morgan fingerprint density at radius 1 is 0.181 bits per heavy atom. The van der Waals surface area contributed by atoms with Crippen LogP contribution in [0.2, 0.25) is 0 Å². The summed E-state index contributed by atoms with van der Waals surface area (Å²) in [5.41, 5.74) is 8.06. The van der Waals surface area contributed by atoms with Crippen LogP contribution in [0.4, 0.5) is 0 Å². The summed E-state index contributed by atoms with van der Waals surface area (Å²) in [6, 6.07) is 59.7. The molecular weight excluding hydrogens is 897 g/mol. The van der Waals surface area contributed by atoms with E-state index in [0.717, 1.165) is 95.9 Å². The molecule has 8 heteroatoms. The van der Waals surface area contributed by atoms with Gasteiger partial charge in [0.05, 0.1) is 0 Å². The summed E-state index contributed by atoms with van der Waals surface area (Å²) in [6.07, 6.45) is 6.81. The average Bonchev–Trinajstić information content (AvgIpc) is 3.42. The third-order valence-corrected chi connectivity index (χ3v) is 15.3. The molecule has 2 saturated carbocycles. The highest BCUT2D eigenvalue weighted by Crippen LogP contribution is 2.56. The summed E-state index contributed by atoms with van der Waals surface area (Å²) >= 11 is 0. The molecule has 2 aliphatic rings. The lowest BCUT2D eigenvalue weighted by Gasteiger charge is -2.48. The zero-order valence-electron chi connectivity index (χ0n) is 41.7. The fourth-order valence-corrected chi connectivity index (χ4v) is 11.4. The van der Waals surface area contributed by atoms with E-state index in [4.69, 9.17) is 0 Å². The van der Waals surface area contributed by atoms with Gasteiger partial charge < -0.3 is 40.9 Å². The Morgan fingerprint density at radius 2 is 0.264 bits per heavy atom. The Kier molecular flexibility index (Phi) is 16.2. The quantitative estimate of drug-likeness (QED) is 0.0747. The minimum absolute atomic E-state index is 0.239. The maximum absolute atomic E-state index is 9.90. The van der Waals surface area contributed by atoms with Crippen molar-refractivity contribution in [1.29, 1.82) is 0 Å². The van der Waals surface area contributed by atoms with Gasteiger partial charge in [0.25, 0.3) is 0 Å². The molecule has 8 nitrogen and oxygen atoms in total. The van der Waals surface area contributed by atoms with Gasteiger partial charge in [-0.25, -0.2) is 0 Å². The van der Waals surface area contributed by atoms with E-state index in [1.165, 1.54) is 0 Å². The van der Waals surface area contributed by atoms with Gasteiger partial charge in [0.2, 0.25) is 0 Å². The maximum atomic E-state index is 9.90. The zero-order chi connectivity index (χ0) is 51.5. The van der Waals surface area contributed by atoms with Crippen LogP contribution in [0.15, 0.2) is 194 Å². The molecule has 0 spiro atoms. The maximum Gasteiger partial charge on any atom is 0.115 e. The SMILES string of the molecule is CC.CC.Oc1ccc(C2(c3ccc(O)cc3)CCC(c3ccc(O)cc3)(c3ccc(O)cc3)CC2)cc1.Oc1ccc(C2(c3ccc(O)cc3)CCC(c3ccc(O)cc3)(c3ccc(O)cc3)CC2)cc1. The van der Waals surface area contributed by atoms with Gasteiger partial charge >= 0.3 is 0 Å². The minimum Gasteiger partial charge on any atom is -0.508 e. The molecule has 372 valence electrons. The second-order valence-electron chi connectivity index (χ2n) is 18.7. The third kappa shape index (κ3) is 10.6. The topological polar surface area (TPSA) is 162 Å². The Hall–Kier alpha value is -7.84. The predicted molar refractivity (Wildman–Crippen MR) is 288 cm³/mol. The molecule has 0 heterocycles. The average molecular weight is 965 g/mol. The van der Waals surface area contributed by atoms with Crippen molar-refractivity contribution in [3.63, 3.8) is 0 Å². The molecule has 2 aliphatic carbocycles. The van der Waals surface area contributed by atoms with E-state index in [1.807, 2.05) is 125 Å². The first kappa shape index (κ1) is 52.0. The lowest BCUT2D eigenvalue weighted by atomic mass is 9.55. The second kappa shape index (κ2) is 22.5. The summed E-state index contributed by atoms with van der Waals surface area (Å²) < 4.78 is 0. The van der Waals surface area contributed by atoms with E-state index in [-0.39, 0.29) is 67.7 Å². The van der Waals surface area contributed by atoms with Crippen molar-refractivity contribution in [2.24, 2.45) is 0 Å². The molecule has 0 aromatic heterocycles. The predicted octanol–water partition coefficient (Wildman–Crippen LogP) is 14.8. The largest absolute Gasteiger partial charge is 0.508 e. The first-order valence-electron chi connectivity index (χ1n) is 25.2. The number of hydrogen-bond acceptors (Lipinski definition) is 8. The normalized spacial score (nSPS) is 15.9. The van der Waals surface area contributed by atoms with E-state index in [9.17, 15) is 40.9 Å². The van der Waals surface area contributed by atoms with Crippen LogP contribution in [0, 0.1) is 0 Å². The minimum atomic E-state index is -0.265. The van der Waals surface area contributed by atoms with E-state index < -0.39 is 0 Å². The molecular formula is C64H68O8. The lowest BCUT2D eigenvalue weighted by molar-refractivity contribution is 0.256. The van der Waals surface area contributed by atoms with Gasteiger partial charge in [0, 0.05) is 21.7 Å². The van der Waals surface area contributed by atoms with Gasteiger partial charge in [0.1, 0.15) is 46.0 Å². The van der Waals surface area contributed by atoms with Crippen molar-refractivity contribution in [2.75, 3.05) is 0 Å². The van der Waals surface area contributed by atoms with Crippen LogP contribution in [0.1, 0.15) is 124 Å². The van der Waals surface area contributed by atoms with Gasteiger partial charge in [0.15, 0.2) is 0 Å². The lowest BCUT2D eigenvalue weighted by Crippen LogP contribution is -2.41. The zero-order valence-corrected chi connectivity index (χ0v) is 41.7. The number of benzene rings is 8. The van der Waals surface area contributed by atoms with Gasteiger partial charge in [-0.05, 0) is 193 Å². The summed E-state index contributed by atoms with van der Waals surface area (Å²) in [5.74, 6) is 1.91. The molecule has 2 fully saturated rings. The molecule has 0 bridgehead atoms. The van der Waals surface area contributed by atoms with Crippen LogP contribution in [0.25, 0.3) is 0 Å². The molecule has 0 aliphatic heterocycles. The molecule has 0 atom stereocenters. The first-order chi connectivity index (χ1) is 34.8. The number of hydrogen-bond donors (Lipinski definition) is 8. The highest BCUT2D eigenvalue weighted by molar-refractivity contribution is 5.51. The number of phenols is 8. The van der Waals surface area contributed by atoms with Crippen molar-refractivity contribution in [3.8, 4) is 46.0 Å². The molecule has 0 radical (unpaired) electrons. The molecule has 72 heavy (non-hydrogen) atoms. The van der Waals surface area contributed by atoms with Crippen LogP contribution < -0.4 is 0 Å².